The highest BCUT2D eigenvalue weighted by molar-refractivity contribution is 5.75. The van der Waals surface area contributed by atoms with E-state index in [1.807, 2.05) is 6.07 Å². The molecule has 0 aliphatic carbocycles. The van der Waals surface area contributed by atoms with E-state index in [2.05, 4.69) is 4.98 Å². The number of para-hydroxylation sites is 2. The number of rotatable bonds is 3. The van der Waals surface area contributed by atoms with E-state index in [9.17, 15) is 13.2 Å². The number of hydrogen-bond donors (Lipinski definition) is 1. The Kier molecular flexibility index (Phi) is 3.30. The van der Waals surface area contributed by atoms with Gasteiger partial charge in [0.05, 0.1) is 17.0 Å². The van der Waals surface area contributed by atoms with Crippen LogP contribution in [0.3, 0.4) is 0 Å². The third kappa shape index (κ3) is 2.33. The fourth-order valence-electron chi connectivity index (χ4n) is 1.96. The molecule has 3 nitrogen and oxygen atoms in total. The average molecular weight is 257 g/mol. The second-order valence-electron chi connectivity index (χ2n) is 4.23. The van der Waals surface area contributed by atoms with Crippen LogP contribution < -0.4 is 5.73 Å². The highest BCUT2D eigenvalue weighted by atomic mass is 19.4. The third-order valence-electron chi connectivity index (χ3n) is 3.00. The molecule has 2 N–H and O–H groups in total. The van der Waals surface area contributed by atoms with Crippen molar-refractivity contribution in [3.05, 3.63) is 30.1 Å². The largest absolute Gasteiger partial charge is 0.394 e. The number of aryl methyl sites for hydroxylation is 1. The van der Waals surface area contributed by atoms with Crippen molar-refractivity contribution < 1.29 is 13.2 Å². The molecule has 0 aliphatic rings. The van der Waals surface area contributed by atoms with Crippen LogP contribution in [0.15, 0.2) is 24.3 Å². The van der Waals surface area contributed by atoms with E-state index in [0.717, 1.165) is 0 Å². The molecular weight excluding hydrogens is 243 g/mol. The zero-order valence-electron chi connectivity index (χ0n) is 9.91. The zero-order valence-corrected chi connectivity index (χ0v) is 9.91. The fraction of sp³-hybridized carbons (Fsp3) is 0.417. The minimum Gasteiger partial charge on any atom is -0.330 e. The van der Waals surface area contributed by atoms with Gasteiger partial charge in [-0.1, -0.05) is 12.1 Å². The highest BCUT2D eigenvalue weighted by Gasteiger charge is 2.39. The van der Waals surface area contributed by atoms with E-state index < -0.39 is 18.6 Å². The first-order valence-corrected chi connectivity index (χ1v) is 5.62. The fourth-order valence-corrected chi connectivity index (χ4v) is 1.96. The van der Waals surface area contributed by atoms with Gasteiger partial charge >= 0.3 is 6.18 Å². The molecule has 1 heterocycles. The van der Waals surface area contributed by atoms with Crippen LogP contribution in [0.5, 0.6) is 0 Å². The van der Waals surface area contributed by atoms with Crippen LogP contribution in [-0.2, 0) is 6.54 Å². The topological polar surface area (TPSA) is 43.8 Å². The molecule has 0 bridgehead atoms. The summed E-state index contributed by atoms with van der Waals surface area (Å²) in [6.07, 6.45) is -4.29. The van der Waals surface area contributed by atoms with Crippen LogP contribution >= 0.6 is 0 Å². The lowest BCUT2D eigenvalue weighted by Gasteiger charge is -2.20. The summed E-state index contributed by atoms with van der Waals surface area (Å²) in [4.78, 5) is 4.24. The molecule has 0 radical (unpaired) electrons. The summed E-state index contributed by atoms with van der Waals surface area (Å²) in [7, 11) is 0. The molecule has 6 heteroatoms. The number of imidazole rings is 1. The number of aromatic nitrogens is 2. The molecule has 0 amide bonds. The molecule has 1 unspecified atom stereocenters. The molecule has 98 valence electrons. The quantitative estimate of drug-likeness (QED) is 0.918. The van der Waals surface area contributed by atoms with Gasteiger partial charge in [0.2, 0.25) is 0 Å². The van der Waals surface area contributed by atoms with E-state index >= 15 is 0 Å². The highest BCUT2D eigenvalue weighted by Crippen LogP contribution is 2.28. The van der Waals surface area contributed by atoms with E-state index in [0.29, 0.717) is 16.9 Å². The van der Waals surface area contributed by atoms with Crippen LogP contribution in [0, 0.1) is 12.8 Å². The lowest BCUT2D eigenvalue weighted by atomic mass is 10.1. The van der Waals surface area contributed by atoms with E-state index in [1.165, 1.54) is 0 Å². The van der Waals surface area contributed by atoms with Crippen molar-refractivity contribution in [2.75, 3.05) is 6.54 Å². The van der Waals surface area contributed by atoms with Crippen molar-refractivity contribution >= 4 is 11.0 Å². The van der Waals surface area contributed by atoms with Gasteiger partial charge in [0.1, 0.15) is 5.82 Å². The maximum Gasteiger partial charge on any atom is 0.394 e. The van der Waals surface area contributed by atoms with Gasteiger partial charge in [0, 0.05) is 13.1 Å². The molecule has 0 saturated carbocycles. The normalized spacial score (nSPS) is 14.1. The number of nitrogens with zero attached hydrogens (tertiary/aromatic N) is 2. The Morgan fingerprint density at radius 3 is 2.61 bits per heavy atom. The van der Waals surface area contributed by atoms with Crippen molar-refractivity contribution in [3.8, 4) is 0 Å². The first-order chi connectivity index (χ1) is 8.43. The number of hydrogen-bond acceptors (Lipinski definition) is 2. The summed E-state index contributed by atoms with van der Waals surface area (Å²) in [5, 5.41) is 0. The summed E-state index contributed by atoms with van der Waals surface area (Å²) in [6, 6.07) is 7.14. The molecule has 0 spiro atoms. The number of fused-ring (bicyclic) bond motifs is 1. The Hall–Kier alpha value is -1.56. The van der Waals surface area contributed by atoms with Gasteiger partial charge in [0.15, 0.2) is 0 Å². The van der Waals surface area contributed by atoms with Crippen molar-refractivity contribution in [2.45, 2.75) is 19.6 Å². The maximum atomic E-state index is 12.7. The second-order valence-corrected chi connectivity index (χ2v) is 4.23. The first-order valence-electron chi connectivity index (χ1n) is 5.62. The number of alkyl halides is 3. The molecule has 0 fully saturated rings. The number of halogens is 3. The van der Waals surface area contributed by atoms with Crippen LogP contribution in [0.4, 0.5) is 13.2 Å². The van der Waals surface area contributed by atoms with Crippen LogP contribution in [0.2, 0.25) is 0 Å². The van der Waals surface area contributed by atoms with Crippen LogP contribution in [0.1, 0.15) is 5.82 Å². The van der Waals surface area contributed by atoms with Gasteiger partial charge in [-0.15, -0.1) is 0 Å². The Morgan fingerprint density at radius 2 is 2.00 bits per heavy atom. The van der Waals surface area contributed by atoms with Gasteiger partial charge in [-0.3, -0.25) is 0 Å². The maximum absolute atomic E-state index is 12.7. The van der Waals surface area contributed by atoms with Crippen molar-refractivity contribution in [1.82, 2.24) is 9.55 Å². The van der Waals surface area contributed by atoms with Crippen LogP contribution in [0.25, 0.3) is 11.0 Å². The Bertz CT molecular complexity index is 545. The minimum absolute atomic E-state index is 0.188. The summed E-state index contributed by atoms with van der Waals surface area (Å²) >= 11 is 0. The monoisotopic (exact) mass is 257 g/mol. The molecule has 1 atom stereocenters. The van der Waals surface area contributed by atoms with Gasteiger partial charge in [-0.25, -0.2) is 4.98 Å². The molecule has 2 rings (SSSR count). The lowest BCUT2D eigenvalue weighted by molar-refractivity contribution is -0.175. The summed E-state index contributed by atoms with van der Waals surface area (Å²) < 4.78 is 39.8. The van der Waals surface area contributed by atoms with Crippen molar-refractivity contribution in [1.29, 1.82) is 0 Å². The van der Waals surface area contributed by atoms with E-state index in [1.54, 1.807) is 29.7 Å². The number of nitrogens with two attached hydrogens (primary N) is 1. The Labute approximate surface area is 102 Å². The molecule has 0 aliphatic heterocycles. The molecule has 0 saturated heterocycles. The van der Waals surface area contributed by atoms with E-state index in [-0.39, 0.29) is 6.54 Å². The van der Waals surface area contributed by atoms with Gasteiger partial charge in [0.25, 0.3) is 0 Å². The minimum atomic E-state index is -4.29. The van der Waals surface area contributed by atoms with Crippen molar-refractivity contribution in [2.24, 2.45) is 11.7 Å². The number of benzene rings is 1. The Balaban J connectivity index is 2.39. The predicted octanol–water partition coefficient (Wildman–Crippen LogP) is 2.48. The first kappa shape index (κ1) is 12.9. The standard InChI is InChI=1S/C12H14F3N3/c1-8-17-10-4-2-3-5-11(10)18(8)7-9(6-16)12(13,14)15/h2-5,9H,6-7,16H2,1H3. The Morgan fingerprint density at radius 1 is 1.33 bits per heavy atom. The van der Waals surface area contributed by atoms with E-state index in [4.69, 9.17) is 5.73 Å². The molecule has 2 aromatic rings. The summed E-state index contributed by atoms with van der Waals surface area (Å²) in [5.74, 6) is -0.979. The zero-order chi connectivity index (χ0) is 13.3. The predicted molar refractivity (Wildman–Crippen MR) is 63.1 cm³/mol. The van der Waals surface area contributed by atoms with Crippen molar-refractivity contribution in [3.63, 3.8) is 0 Å². The molecule has 1 aromatic carbocycles. The summed E-state index contributed by atoms with van der Waals surface area (Å²) in [5.41, 5.74) is 6.62. The van der Waals surface area contributed by atoms with Crippen LogP contribution in [-0.4, -0.2) is 22.3 Å². The molecule has 1 aromatic heterocycles. The van der Waals surface area contributed by atoms with Gasteiger partial charge in [-0.2, -0.15) is 13.2 Å². The third-order valence-corrected chi connectivity index (χ3v) is 3.00. The lowest BCUT2D eigenvalue weighted by Crippen LogP contribution is -2.34. The summed E-state index contributed by atoms with van der Waals surface area (Å²) in [6.45, 7) is 1.09. The second kappa shape index (κ2) is 4.61. The molecular formula is C12H14F3N3. The van der Waals surface area contributed by atoms with Gasteiger partial charge in [-0.05, 0) is 19.1 Å². The average Bonchev–Trinajstić information content (AvgIpc) is 2.60. The molecule has 18 heavy (non-hydrogen) atoms. The van der Waals surface area contributed by atoms with Gasteiger partial charge < -0.3 is 10.3 Å². The SMILES string of the molecule is Cc1nc2ccccc2n1CC(CN)C(F)(F)F. The smallest absolute Gasteiger partial charge is 0.330 e.